The average molecular weight is 347 g/mol. The number of benzene rings is 1. The monoisotopic (exact) mass is 347 g/mol. The summed E-state index contributed by atoms with van der Waals surface area (Å²) in [5.74, 6) is -0.619. The third-order valence-corrected chi connectivity index (χ3v) is 3.79. The van der Waals surface area contributed by atoms with Crippen molar-refractivity contribution < 1.29 is 14.0 Å². The molecule has 0 aliphatic heterocycles. The van der Waals surface area contributed by atoms with Crippen molar-refractivity contribution in [3.63, 3.8) is 0 Å². The van der Waals surface area contributed by atoms with E-state index in [-0.39, 0.29) is 23.3 Å². The Labute approximate surface area is 145 Å². The second-order valence-electron chi connectivity index (χ2n) is 5.45. The Morgan fingerprint density at radius 3 is 2.52 bits per heavy atom. The zero-order valence-electron chi connectivity index (χ0n) is 14.4. The maximum absolute atomic E-state index is 12.9. The van der Waals surface area contributed by atoms with Crippen molar-refractivity contribution in [2.24, 2.45) is 0 Å². The van der Waals surface area contributed by atoms with Gasteiger partial charge in [0.2, 0.25) is 5.91 Å². The summed E-state index contributed by atoms with van der Waals surface area (Å²) >= 11 is 0. The number of amides is 2. The second kappa shape index (κ2) is 8.91. The number of hydrogen-bond donors (Lipinski definition) is 1. The predicted octanol–water partition coefficient (Wildman–Crippen LogP) is 1.78. The highest BCUT2D eigenvalue weighted by Gasteiger charge is 2.12. The molecule has 0 bridgehead atoms. The van der Waals surface area contributed by atoms with Gasteiger partial charge in [-0.15, -0.1) is 5.10 Å². The fraction of sp³-hybridized carbons (Fsp3) is 0.412. The van der Waals surface area contributed by atoms with Crippen LogP contribution in [-0.4, -0.2) is 51.3 Å². The summed E-state index contributed by atoms with van der Waals surface area (Å²) in [5, 5.41) is 10.4. The number of hydrogen-bond acceptors (Lipinski definition) is 4. The van der Waals surface area contributed by atoms with E-state index in [2.05, 4.69) is 15.6 Å². The Hall–Kier alpha value is -2.77. The molecule has 0 spiro atoms. The molecule has 7 nitrogen and oxygen atoms in total. The molecule has 2 rings (SSSR count). The van der Waals surface area contributed by atoms with Crippen LogP contribution < -0.4 is 5.32 Å². The molecule has 0 radical (unpaired) electrons. The minimum absolute atomic E-state index is 0.0847. The van der Waals surface area contributed by atoms with Gasteiger partial charge in [-0.3, -0.25) is 9.59 Å². The van der Waals surface area contributed by atoms with Crippen molar-refractivity contribution in [1.29, 1.82) is 0 Å². The summed E-state index contributed by atoms with van der Waals surface area (Å²) in [7, 11) is 0. The highest BCUT2D eigenvalue weighted by molar-refractivity contribution is 5.91. The molecule has 0 atom stereocenters. The first-order valence-electron chi connectivity index (χ1n) is 8.29. The Bertz CT molecular complexity index is 710. The molecule has 2 amide bonds. The molecule has 1 aromatic heterocycles. The summed E-state index contributed by atoms with van der Waals surface area (Å²) in [5.41, 5.74) is 0.775. The zero-order valence-corrected chi connectivity index (χ0v) is 14.4. The third kappa shape index (κ3) is 5.10. The van der Waals surface area contributed by atoms with Gasteiger partial charge >= 0.3 is 0 Å². The Morgan fingerprint density at radius 1 is 1.20 bits per heavy atom. The minimum Gasteiger partial charge on any atom is -0.351 e. The highest BCUT2D eigenvalue weighted by atomic mass is 19.1. The molecule has 8 heteroatoms. The highest BCUT2D eigenvalue weighted by Crippen LogP contribution is 2.08. The zero-order chi connectivity index (χ0) is 18.2. The molecule has 1 aromatic carbocycles. The van der Waals surface area contributed by atoms with Crippen molar-refractivity contribution in [3.05, 3.63) is 42.0 Å². The van der Waals surface area contributed by atoms with Gasteiger partial charge in [0.05, 0.1) is 11.9 Å². The van der Waals surface area contributed by atoms with Gasteiger partial charge < -0.3 is 10.2 Å². The van der Waals surface area contributed by atoms with E-state index in [0.29, 0.717) is 38.2 Å². The Kier molecular flexibility index (Phi) is 6.62. The first-order valence-corrected chi connectivity index (χ1v) is 8.29. The number of halogens is 1. The fourth-order valence-electron chi connectivity index (χ4n) is 2.35. The number of nitrogens with one attached hydrogen (secondary N) is 1. The Morgan fingerprint density at radius 2 is 1.88 bits per heavy atom. The van der Waals surface area contributed by atoms with Crippen molar-refractivity contribution >= 4 is 11.8 Å². The maximum Gasteiger partial charge on any atom is 0.273 e. The van der Waals surface area contributed by atoms with Crippen molar-refractivity contribution in [3.8, 4) is 5.69 Å². The lowest BCUT2D eigenvalue weighted by Gasteiger charge is -2.18. The molecule has 1 N–H and O–H groups in total. The molecular formula is C17H22FN5O2. The summed E-state index contributed by atoms with van der Waals surface area (Å²) in [6, 6.07) is 5.71. The molecule has 0 fully saturated rings. The van der Waals surface area contributed by atoms with Crippen LogP contribution in [0.4, 0.5) is 4.39 Å². The SMILES string of the molecule is CCN(CC)C(=O)CCCNC(=O)c1cn(-c2ccc(F)cc2)nn1. The van der Waals surface area contributed by atoms with Crippen LogP contribution in [0.25, 0.3) is 5.69 Å². The summed E-state index contributed by atoms with van der Waals surface area (Å²) in [4.78, 5) is 25.7. The van der Waals surface area contributed by atoms with Crippen LogP contribution in [0.1, 0.15) is 37.2 Å². The molecule has 25 heavy (non-hydrogen) atoms. The van der Waals surface area contributed by atoms with E-state index in [4.69, 9.17) is 0 Å². The molecule has 1 heterocycles. The van der Waals surface area contributed by atoms with Gasteiger partial charge in [0.1, 0.15) is 5.82 Å². The predicted molar refractivity (Wildman–Crippen MR) is 90.8 cm³/mol. The second-order valence-corrected chi connectivity index (χ2v) is 5.45. The minimum atomic E-state index is -0.358. The molecule has 0 aliphatic rings. The van der Waals surface area contributed by atoms with Gasteiger partial charge in [0, 0.05) is 26.1 Å². The molecule has 0 saturated heterocycles. The lowest BCUT2D eigenvalue weighted by atomic mass is 10.2. The van der Waals surface area contributed by atoms with E-state index < -0.39 is 0 Å². The molecule has 0 aliphatic carbocycles. The topological polar surface area (TPSA) is 80.1 Å². The van der Waals surface area contributed by atoms with Gasteiger partial charge in [-0.1, -0.05) is 5.21 Å². The van der Waals surface area contributed by atoms with Crippen LogP contribution in [0.2, 0.25) is 0 Å². The molecule has 0 unspecified atom stereocenters. The van der Waals surface area contributed by atoms with E-state index in [0.717, 1.165) is 0 Å². The standard InChI is InChI=1S/C17H22FN5O2/c1-3-22(4-2)16(24)6-5-11-19-17(25)15-12-23(21-20-15)14-9-7-13(18)8-10-14/h7-10,12H,3-6,11H2,1-2H3,(H,19,25). The largest absolute Gasteiger partial charge is 0.351 e. The van der Waals surface area contributed by atoms with E-state index in [1.165, 1.54) is 23.0 Å². The summed E-state index contributed by atoms with van der Waals surface area (Å²) in [6.07, 6.45) is 2.43. The lowest BCUT2D eigenvalue weighted by Crippen LogP contribution is -2.31. The van der Waals surface area contributed by atoms with Crippen LogP contribution in [0.5, 0.6) is 0 Å². The maximum atomic E-state index is 12.9. The summed E-state index contributed by atoms with van der Waals surface area (Å²) < 4.78 is 14.3. The van der Waals surface area contributed by atoms with Gasteiger partial charge in [-0.05, 0) is 44.5 Å². The molecule has 2 aromatic rings. The van der Waals surface area contributed by atoms with Crippen LogP contribution in [-0.2, 0) is 4.79 Å². The van der Waals surface area contributed by atoms with Crippen LogP contribution in [0.15, 0.2) is 30.5 Å². The first kappa shape index (κ1) is 18.6. The first-order chi connectivity index (χ1) is 12.0. The van der Waals surface area contributed by atoms with Crippen LogP contribution in [0.3, 0.4) is 0 Å². The van der Waals surface area contributed by atoms with Crippen molar-refractivity contribution in [1.82, 2.24) is 25.2 Å². The van der Waals surface area contributed by atoms with E-state index >= 15 is 0 Å². The molecule has 0 saturated carbocycles. The van der Waals surface area contributed by atoms with E-state index in [9.17, 15) is 14.0 Å². The number of rotatable bonds is 8. The number of aromatic nitrogens is 3. The average Bonchev–Trinajstić information content (AvgIpc) is 3.10. The normalized spacial score (nSPS) is 10.5. The van der Waals surface area contributed by atoms with E-state index in [1.807, 2.05) is 13.8 Å². The number of carbonyl (C=O) groups excluding carboxylic acids is 2. The third-order valence-electron chi connectivity index (χ3n) is 3.79. The van der Waals surface area contributed by atoms with E-state index in [1.54, 1.807) is 17.0 Å². The van der Waals surface area contributed by atoms with Crippen molar-refractivity contribution in [2.45, 2.75) is 26.7 Å². The fourth-order valence-corrected chi connectivity index (χ4v) is 2.35. The quantitative estimate of drug-likeness (QED) is 0.738. The smallest absolute Gasteiger partial charge is 0.273 e. The van der Waals surface area contributed by atoms with Gasteiger partial charge in [-0.25, -0.2) is 9.07 Å². The number of nitrogens with zero attached hydrogens (tertiary/aromatic N) is 4. The molecular weight excluding hydrogens is 325 g/mol. The van der Waals surface area contributed by atoms with Crippen LogP contribution in [0, 0.1) is 5.82 Å². The Balaban J connectivity index is 1.82. The summed E-state index contributed by atoms with van der Waals surface area (Å²) in [6.45, 7) is 5.64. The van der Waals surface area contributed by atoms with Gasteiger partial charge in [0.25, 0.3) is 5.91 Å². The van der Waals surface area contributed by atoms with Gasteiger partial charge in [0.15, 0.2) is 5.69 Å². The van der Waals surface area contributed by atoms with Gasteiger partial charge in [-0.2, -0.15) is 0 Å². The van der Waals surface area contributed by atoms with Crippen molar-refractivity contribution in [2.75, 3.05) is 19.6 Å². The number of carbonyl (C=O) groups is 2. The van der Waals surface area contributed by atoms with Crippen LogP contribution >= 0.6 is 0 Å². The molecule has 134 valence electrons. The lowest BCUT2D eigenvalue weighted by molar-refractivity contribution is -0.130.